The molecule has 6 heteroatoms. The van der Waals surface area contributed by atoms with Crippen LogP contribution in [0.15, 0.2) is 45.7 Å². The van der Waals surface area contributed by atoms with Crippen LogP contribution in [0.4, 0.5) is 0 Å². The van der Waals surface area contributed by atoms with Crippen LogP contribution in [0.1, 0.15) is 37.1 Å². The van der Waals surface area contributed by atoms with E-state index in [-0.39, 0.29) is 23.3 Å². The van der Waals surface area contributed by atoms with E-state index < -0.39 is 0 Å². The van der Waals surface area contributed by atoms with Crippen molar-refractivity contribution in [3.63, 3.8) is 0 Å². The van der Waals surface area contributed by atoms with Crippen LogP contribution in [0.2, 0.25) is 0 Å². The predicted molar refractivity (Wildman–Crippen MR) is 93.2 cm³/mol. The number of likely N-dealkylation sites (N-methyl/N-ethyl adjacent to an activating group) is 1. The van der Waals surface area contributed by atoms with Gasteiger partial charge in [-0.2, -0.15) is 0 Å². The molecule has 0 aliphatic carbocycles. The molecule has 2 aromatic rings. The SMILES string of the molecule is CCN(CC)[C@@H](C)CNC(=O)c1ccc(Cn2ccccc2=O)o1. The van der Waals surface area contributed by atoms with Crippen molar-refractivity contribution in [2.45, 2.75) is 33.4 Å². The minimum absolute atomic E-state index is 0.104. The highest BCUT2D eigenvalue weighted by Crippen LogP contribution is 2.09. The number of hydrogen-bond acceptors (Lipinski definition) is 4. The van der Waals surface area contributed by atoms with Crippen LogP contribution in [0, 0.1) is 0 Å². The average Bonchev–Trinajstić information content (AvgIpc) is 3.04. The molecule has 24 heavy (non-hydrogen) atoms. The van der Waals surface area contributed by atoms with Crippen LogP contribution < -0.4 is 10.9 Å². The van der Waals surface area contributed by atoms with Gasteiger partial charge in [0.25, 0.3) is 11.5 Å². The van der Waals surface area contributed by atoms with Crippen LogP contribution >= 0.6 is 0 Å². The van der Waals surface area contributed by atoms with Gasteiger partial charge >= 0.3 is 0 Å². The van der Waals surface area contributed by atoms with Crippen molar-refractivity contribution in [3.05, 3.63) is 58.4 Å². The Morgan fingerprint density at radius 2 is 2.00 bits per heavy atom. The minimum atomic E-state index is -0.235. The third-order valence-corrected chi connectivity index (χ3v) is 4.10. The van der Waals surface area contributed by atoms with Crippen LogP contribution in [0.3, 0.4) is 0 Å². The van der Waals surface area contributed by atoms with Crippen LogP contribution in [0.25, 0.3) is 0 Å². The first-order valence-electron chi connectivity index (χ1n) is 8.31. The number of carbonyl (C=O) groups is 1. The first-order valence-corrected chi connectivity index (χ1v) is 8.31. The molecule has 1 N–H and O–H groups in total. The van der Waals surface area contributed by atoms with Gasteiger partial charge in [0.2, 0.25) is 0 Å². The van der Waals surface area contributed by atoms with Crippen molar-refractivity contribution in [3.8, 4) is 0 Å². The Kier molecular flexibility index (Phi) is 6.37. The van der Waals surface area contributed by atoms with Gasteiger partial charge in [0.1, 0.15) is 5.76 Å². The first kappa shape index (κ1) is 18.0. The number of furan rings is 1. The van der Waals surface area contributed by atoms with E-state index in [1.807, 2.05) is 0 Å². The molecule has 0 fully saturated rings. The molecule has 0 aromatic carbocycles. The molecular weight excluding hydrogens is 306 g/mol. The molecule has 0 spiro atoms. The lowest BCUT2D eigenvalue weighted by molar-refractivity contribution is 0.0908. The number of nitrogens with one attached hydrogen (secondary N) is 1. The van der Waals surface area contributed by atoms with E-state index in [0.29, 0.717) is 18.8 Å². The molecule has 0 radical (unpaired) electrons. The lowest BCUT2D eigenvalue weighted by atomic mass is 10.2. The predicted octanol–water partition coefficient (Wildman–Crippen LogP) is 1.95. The minimum Gasteiger partial charge on any atom is -0.454 e. The fraction of sp³-hybridized carbons (Fsp3) is 0.444. The Hall–Kier alpha value is -2.34. The summed E-state index contributed by atoms with van der Waals surface area (Å²) in [6.07, 6.45) is 1.69. The number of amides is 1. The molecule has 1 atom stereocenters. The number of carbonyl (C=O) groups excluding carboxylic acids is 1. The summed E-state index contributed by atoms with van der Waals surface area (Å²) in [5, 5.41) is 2.89. The van der Waals surface area contributed by atoms with Gasteiger partial charge < -0.3 is 14.3 Å². The quantitative estimate of drug-likeness (QED) is 0.803. The van der Waals surface area contributed by atoms with Crippen LogP contribution in [0.5, 0.6) is 0 Å². The van der Waals surface area contributed by atoms with E-state index in [0.717, 1.165) is 13.1 Å². The maximum absolute atomic E-state index is 12.2. The zero-order valence-corrected chi connectivity index (χ0v) is 14.5. The molecule has 0 aliphatic heterocycles. The molecule has 6 nitrogen and oxygen atoms in total. The number of pyridine rings is 1. The summed E-state index contributed by atoms with van der Waals surface area (Å²) < 4.78 is 7.10. The maximum atomic E-state index is 12.2. The number of nitrogens with zero attached hydrogens (tertiary/aromatic N) is 2. The molecular formula is C18H25N3O3. The molecule has 0 aliphatic rings. The molecule has 1 amide bonds. The Morgan fingerprint density at radius 1 is 1.25 bits per heavy atom. The van der Waals surface area contributed by atoms with Crippen molar-refractivity contribution < 1.29 is 9.21 Å². The standard InChI is InChI=1S/C18H25N3O3/c1-4-20(5-2)14(3)12-19-18(23)16-10-9-15(24-16)13-21-11-7-6-8-17(21)22/h6-11,14H,4-5,12-13H2,1-3H3,(H,19,23)/t14-/m0/s1. The molecule has 130 valence electrons. The van der Waals surface area contributed by atoms with Crippen molar-refractivity contribution in [1.29, 1.82) is 0 Å². The van der Waals surface area contributed by atoms with E-state index in [1.165, 1.54) is 10.6 Å². The second-order valence-corrected chi connectivity index (χ2v) is 5.71. The summed E-state index contributed by atoms with van der Waals surface area (Å²) in [6, 6.07) is 8.60. The van der Waals surface area contributed by atoms with E-state index in [2.05, 4.69) is 31.0 Å². The van der Waals surface area contributed by atoms with E-state index in [1.54, 1.807) is 30.5 Å². The number of aromatic nitrogens is 1. The van der Waals surface area contributed by atoms with Gasteiger partial charge in [-0.1, -0.05) is 19.9 Å². The normalized spacial score (nSPS) is 12.3. The molecule has 2 heterocycles. The van der Waals surface area contributed by atoms with Gasteiger partial charge in [-0.25, -0.2) is 0 Å². The van der Waals surface area contributed by atoms with E-state index in [9.17, 15) is 9.59 Å². The van der Waals surface area contributed by atoms with Gasteiger partial charge in [0.05, 0.1) is 6.54 Å². The molecule has 2 rings (SSSR count). The van der Waals surface area contributed by atoms with Gasteiger partial charge in [-0.15, -0.1) is 0 Å². The lowest BCUT2D eigenvalue weighted by Crippen LogP contribution is -2.41. The smallest absolute Gasteiger partial charge is 0.287 e. The second kappa shape index (κ2) is 8.49. The highest BCUT2D eigenvalue weighted by Gasteiger charge is 2.15. The summed E-state index contributed by atoms with van der Waals surface area (Å²) in [7, 11) is 0. The third kappa shape index (κ3) is 4.58. The first-order chi connectivity index (χ1) is 11.5. The molecule has 2 aromatic heterocycles. The van der Waals surface area contributed by atoms with Gasteiger partial charge in [0.15, 0.2) is 5.76 Å². The topological polar surface area (TPSA) is 67.5 Å². The zero-order chi connectivity index (χ0) is 17.5. The van der Waals surface area contributed by atoms with Gasteiger partial charge in [-0.3, -0.25) is 14.5 Å². The fourth-order valence-electron chi connectivity index (χ4n) is 2.65. The Balaban J connectivity index is 1.94. The van der Waals surface area contributed by atoms with Gasteiger partial charge in [-0.05, 0) is 38.2 Å². The number of rotatable bonds is 8. The van der Waals surface area contributed by atoms with Crippen molar-refractivity contribution in [2.75, 3.05) is 19.6 Å². The Labute approximate surface area is 142 Å². The Bertz CT molecular complexity index is 716. The monoisotopic (exact) mass is 331 g/mol. The molecule has 0 saturated carbocycles. The van der Waals surface area contributed by atoms with Crippen LogP contribution in [-0.4, -0.2) is 41.1 Å². The number of hydrogen-bond donors (Lipinski definition) is 1. The fourth-order valence-corrected chi connectivity index (χ4v) is 2.65. The second-order valence-electron chi connectivity index (χ2n) is 5.71. The Morgan fingerprint density at radius 3 is 2.67 bits per heavy atom. The molecule has 0 unspecified atom stereocenters. The summed E-state index contributed by atoms with van der Waals surface area (Å²) in [5.74, 6) is 0.603. The van der Waals surface area contributed by atoms with Crippen molar-refractivity contribution >= 4 is 5.91 Å². The van der Waals surface area contributed by atoms with E-state index >= 15 is 0 Å². The average molecular weight is 331 g/mol. The maximum Gasteiger partial charge on any atom is 0.287 e. The molecule has 0 bridgehead atoms. The van der Waals surface area contributed by atoms with Gasteiger partial charge in [0, 0.05) is 24.8 Å². The largest absolute Gasteiger partial charge is 0.454 e. The van der Waals surface area contributed by atoms with Crippen molar-refractivity contribution in [1.82, 2.24) is 14.8 Å². The summed E-state index contributed by atoms with van der Waals surface area (Å²) in [6.45, 7) is 9.06. The van der Waals surface area contributed by atoms with Crippen molar-refractivity contribution in [2.24, 2.45) is 0 Å². The zero-order valence-electron chi connectivity index (χ0n) is 14.5. The summed E-state index contributed by atoms with van der Waals surface area (Å²) >= 11 is 0. The lowest BCUT2D eigenvalue weighted by Gasteiger charge is -2.26. The highest BCUT2D eigenvalue weighted by atomic mass is 16.4. The summed E-state index contributed by atoms with van der Waals surface area (Å²) in [4.78, 5) is 26.2. The summed E-state index contributed by atoms with van der Waals surface area (Å²) in [5.41, 5.74) is -0.104. The van der Waals surface area contributed by atoms with Crippen LogP contribution in [-0.2, 0) is 6.54 Å². The highest BCUT2D eigenvalue weighted by molar-refractivity contribution is 5.91. The third-order valence-electron chi connectivity index (χ3n) is 4.10. The van der Waals surface area contributed by atoms with E-state index in [4.69, 9.17) is 4.42 Å². The molecule has 0 saturated heterocycles.